The Balaban J connectivity index is 1.79. The van der Waals surface area contributed by atoms with Gasteiger partial charge >= 0.3 is 0 Å². The van der Waals surface area contributed by atoms with E-state index in [1.807, 2.05) is 32.0 Å². The largest absolute Gasteiger partial charge is 0.340 e. The second-order valence-corrected chi connectivity index (χ2v) is 6.08. The molecule has 0 aliphatic rings. The molecule has 0 radical (unpaired) electrons. The molecule has 2 N–H and O–H groups in total. The molecule has 0 saturated carbocycles. The lowest BCUT2D eigenvalue weighted by Crippen LogP contribution is -2.14. The number of aromatic nitrogens is 2. The number of benzene rings is 2. The summed E-state index contributed by atoms with van der Waals surface area (Å²) in [6.07, 6.45) is 1.37. The minimum Gasteiger partial charge on any atom is -0.340 e. The van der Waals surface area contributed by atoms with E-state index in [4.69, 9.17) is 11.6 Å². The zero-order chi connectivity index (χ0) is 17.8. The van der Waals surface area contributed by atoms with Crippen molar-refractivity contribution in [2.45, 2.75) is 13.8 Å². The highest BCUT2D eigenvalue weighted by Crippen LogP contribution is 2.23. The van der Waals surface area contributed by atoms with Crippen LogP contribution in [0.2, 0.25) is 5.02 Å². The molecule has 0 atom stereocenters. The predicted octanol–water partition coefficient (Wildman–Crippen LogP) is 4.74. The van der Waals surface area contributed by atoms with Gasteiger partial charge in [0.1, 0.15) is 17.8 Å². The van der Waals surface area contributed by atoms with Gasteiger partial charge in [-0.25, -0.2) is 9.97 Å². The molecule has 3 aromatic rings. The molecule has 3 rings (SSSR count). The van der Waals surface area contributed by atoms with E-state index in [2.05, 4.69) is 20.6 Å². The van der Waals surface area contributed by atoms with E-state index in [1.54, 1.807) is 30.3 Å². The van der Waals surface area contributed by atoms with Crippen molar-refractivity contribution in [3.63, 3.8) is 0 Å². The number of rotatable bonds is 4. The average Bonchev–Trinajstić information content (AvgIpc) is 2.60. The van der Waals surface area contributed by atoms with Crippen molar-refractivity contribution in [1.29, 1.82) is 0 Å². The number of aryl methyl sites for hydroxylation is 2. The summed E-state index contributed by atoms with van der Waals surface area (Å²) in [4.78, 5) is 20.6. The van der Waals surface area contributed by atoms with Gasteiger partial charge in [-0.3, -0.25) is 4.79 Å². The van der Waals surface area contributed by atoms with Crippen LogP contribution in [0.15, 0.2) is 54.9 Å². The van der Waals surface area contributed by atoms with Gasteiger partial charge in [0.25, 0.3) is 5.91 Å². The number of hydrogen-bond donors (Lipinski definition) is 2. The van der Waals surface area contributed by atoms with Crippen LogP contribution in [0.25, 0.3) is 0 Å². The fourth-order valence-electron chi connectivity index (χ4n) is 2.42. The molecule has 1 amide bonds. The van der Waals surface area contributed by atoms with Crippen molar-refractivity contribution in [3.05, 3.63) is 76.7 Å². The minimum absolute atomic E-state index is 0.277. The number of carbonyl (C=O) groups excluding carboxylic acids is 1. The zero-order valence-electron chi connectivity index (χ0n) is 13.9. The van der Waals surface area contributed by atoms with Crippen molar-refractivity contribution >= 4 is 34.7 Å². The Hall–Kier alpha value is -2.92. The van der Waals surface area contributed by atoms with E-state index in [1.165, 1.54) is 6.33 Å². The third-order valence-electron chi connectivity index (χ3n) is 3.74. The summed E-state index contributed by atoms with van der Waals surface area (Å²) in [5.41, 5.74) is 4.11. The predicted molar refractivity (Wildman–Crippen MR) is 101 cm³/mol. The molecule has 0 aliphatic carbocycles. The normalized spacial score (nSPS) is 10.4. The second-order valence-electron chi connectivity index (χ2n) is 5.64. The molecule has 0 unspecified atom stereocenters. The van der Waals surface area contributed by atoms with Crippen LogP contribution in [0, 0.1) is 13.8 Å². The number of nitrogens with one attached hydrogen (secondary N) is 2. The number of hydrogen-bond acceptors (Lipinski definition) is 4. The van der Waals surface area contributed by atoms with Crippen LogP contribution in [0.3, 0.4) is 0 Å². The van der Waals surface area contributed by atoms with Crippen LogP contribution in [0.1, 0.15) is 21.6 Å². The van der Waals surface area contributed by atoms with Crippen LogP contribution < -0.4 is 10.6 Å². The molecular formula is C19H17ClN4O. The molecule has 5 nitrogen and oxygen atoms in total. The van der Waals surface area contributed by atoms with Gasteiger partial charge in [0, 0.05) is 22.5 Å². The van der Waals surface area contributed by atoms with Gasteiger partial charge in [-0.1, -0.05) is 29.8 Å². The second kappa shape index (κ2) is 7.32. The molecule has 1 aromatic heterocycles. The SMILES string of the molecule is Cc1cccc(C)c1Nc1cc(C(=O)Nc2ccc(Cl)cc2)ncn1. The highest BCUT2D eigenvalue weighted by atomic mass is 35.5. The first kappa shape index (κ1) is 16.9. The van der Waals surface area contributed by atoms with E-state index >= 15 is 0 Å². The number of para-hydroxylation sites is 1. The summed E-state index contributed by atoms with van der Waals surface area (Å²) in [7, 11) is 0. The maximum absolute atomic E-state index is 12.4. The highest BCUT2D eigenvalue weighted by molar-refractivity contribution is 6.30. The van der Waals surface area contributed by atoms with Gasteiger partial charge < -0.3 is 10.6 Å². The molecule has 0 fully saturated rings. The molecular weight excluding hydrogens is 336 g/mol. The number of anilines is 3. The van der Waals surface area contributed by atoms with Crippen molar-refractivity contribution < 1.29 is 4.79 Å². The number of amides is 1. The molecule has 6 heteroatoms. The average molecular weight is 353 g/mol. The number of carbonyl (C=O) groups is 1. The molecule has 0 aliphatic heterocycles. The van der Waals surface area contributed by atoms with Crippen molar-refractivity contribution in [3.8, 4) is 0 Å². The summed E-state index contributed by atoms with van der Waals surface area (Å²) in [5, 5.41) is 6.65. The Kier molecular flexibility index (Phi) is 4.95. The first-order valence-corrected chi connectivity index (χ1v) is 8.13. The molecule has 0 spiro atoms. The number of nitrogens with zero attached hydrogens (tertiary/aromatic N) is 2. The van der Waals surface area contributed by atoms with Gasteiger partial charge in [0.2, 0.25) is 0 Å². The number of halogens is 1. The van der Waals surface area contributed by atoms with E-state index in [0.29, 0.717) is 16.5 Å². The molecule has 25 heavy (non-hydrogen) atoms. The molecule has 2 aromatic carbocycles. The van der Waals surface area contributed by atoms with E-state index in [9.17, 15) is 4.79 Å². The quantitative estimate of drug-likeness (QED) is 0.711. The van der Waals surface area contributed by atoms with Crippen molar-refractivity contribution in [2.75, 3.05) is 10.6 Å². The maximum Gasteiger partial charge on any atom is 0.274 e. The van der Waals surface area contributed by atoms with Gasteiger partial charge in [-0.15, -0.1) is 0 Å². The Morgan fingerprint density at radius 2 is 1.68 bits per heavy atom. The van der Waals surface area contributed by atoms with Crippen LogP contribution in [0.5, 0.6) is 0 Å². The minimum atomic E-state index is -0.311. The molecule has 126 valence electrons. The third-order valence-corrected chi connectivity index (χ3v) is 3.99. The lowest BCUT2D eigenvalue weighted by Gasteiger charge is -2.12. The fraction of sp³-hybridized carbons (Fsp3) is 0.105. The topological polar surface area (TPSA) is 66.9 Å². The Morgan fingerprint density at radius 3 is 2.36 bits per heavy atom. The van der Waals surface area contributed by atoms with Crippen LogP contribution in [0.4, 0.5) is 17.2 Å². The lowest BCUT2D eigenvalue weighted by molar-refractivity contribution is 0.102. The molecule has 0 saturated heterocycles. The summed E-state index contributed by atoms with van der Waals surface area (Å²) >= 11 is 5.85. The van der Waals surface area contributed by atoms with Crippen molar-refractivity contribution in [2.24, 2.45) is 0 Å². The zero-order valence-corrected chi connectivity index (χ0v) is 14.6. The monoisotopic (exact) mass is 352 g/mol. The fourth-order valence-corrected chi connectivity index (χ4v) is 2.54. The van der Waals surface area contributed by atoms with Crippen LogP contribution in [-0.2, 0) is 0 Å². The molecule has 0 bridgehead atoms. The van der Waals surface area contributed by atoms with Gasteiger partial charge in [-0.05, 0) is 49.2 Å². The van der Waals surface area contributed by atoms with E-state index in [0.717, 1.165) is 16.8 Å². The van der Waals surface area contributed by atoms with Gasteiger partial charge in [0.15, 0.2) is 0 Å². The highest BCUT2D eigenvalue weighted by Gasteiger charge is 2.10. The Labute approximate surface area is 151 Å². The first-order valence-electron chi connectivity index (χ1n) is 7.75. The van der Waals surface area contributed by atoms with Crippen LogP contribution in [-0.4, -0.2) is 15.9 Å². The summed E-state index contributed by atoms with van der Waals surface area (Å²) < 4.78 is 0. The summed E-state index contributed by atoms with van der Waals surface area (Å²) in [6.45, 7) is 4.04. The first-order chi connectivity index (χ1) is 12.0. The van der Waals surface area contributed by atoms with Crippen molar-refractivity contribution in [1.82, 2.24) is 9.97 Å². The van der Waals surface area contributed by atoms with E-state index < -0.39 is 0 Å². The van der Waals surface area contributed by atoms with Crippen LogP contribution >= 0.6 is 11.6 Å². The lowest BCUT2D eigenvalue weighted by atomic mass is 10.1. The summed E-state index contributed by atoms with van der Waals surface area (Å²) in [6, 6.07) is 14.6. The summed E-state index contributed by atoms with van der Waals surface area (Å²) in [5.74, 6) is 0.253. The van der Waals surface area contributed by atoms with Gasteiger partial charge in [-0.2, -0.15) is 0 Å². The molecule has 1 heterocycles. The third kappa shape index (κ3) is 4.14. The van der Waals surface area contributed by atoms with E-state index in [-0.39, 0.29) is 11.6 Å². The Morgan fingerprint density at radius 1 is 1.00 bits per heavy atom. The van der Waals surface area contributed by atoms with Gasteiger partial charge in [0.05, 0.1) is 0 Å². The standard InChI is InChI=1S/C19H17ClN4O/c1-12-4-3-5-13(2)18(12)24-17-10-16(21-11-22-17)19(25)23-15-8-6-14(20)7-9-15/h3-11H,1-2H3,(H,23,25)(H,21,22,24). The Bertz CT molecular complexity index is 889. The maximum atomic E-state index is 12.4. The smallest absolute Gasteiger partial charge is 0.274 e.